The Morgan fingerprint density at radius 1 is 1.48 bits per heavy atom. The van der Waals surface area contributed by atoms with Crippen molar-refractivity contribution in [2.45, 2.75) is 19.5 Å². The highest BCUT2D eigenvalue weighted by Gasteiger charge is 2.24. The van der Waals surface area contributed by atoms with Crippen LogP contribution in [0.5, 0.6) is 5.75 Å². The number of halogens is 1. The smallest absolute Gasteiger partial charge is 0.330 e. The predicted octanol–water partition coefficient (Wildman–Crippen LogP) is 1.61. The van der Waals surface area contributed by atoms with Crippen molar-refractivity contribution in [2.24, 2.45) is 0 Å². The van der Waals surface area contributed by atoms with E-state index in [0.717, 1.165) is 6.07 Å². The minimum Gasteiger partial charge on any atom is -0.494 e. The Bertz CT molecular complexity index is 729. The van der Waals surface area contributed by atoms with Crippen LogP contribution in [0.4, 0.5) is 4.39 Å². The van der Waals surface area contributed by atoms with Crippen LogP contribution in [0.1, 0.15) is 28.9 Å². The molecule has 1 heterocycles. The molecule has 0 aliphatic rings. The molecule has 1 aromatic heterocycles. The van der Waals surface area contributed by atoms with Crippen LogP contribution < -0.4 is 10.1 Å². The lowest BCUT2D eigenvalue weighted by Gasteiger charge is -2.15. The molecule has 8 heteroatoms. The summed E-state index contributed by atoms with van der Waals surface area (Å²) in [4.78, 5) is 23.5. The third-order valence-corrected chi connectivity index (χ3v) is 3.25. The van der Waals surface area contributed by atoms with Crippen molar-refractivity contribution in [3.05, 3.63) is 47.5 Å². The Morgan fingerprint density at radius 2 is 2.22 bits per heavy atom. The fourth-order valence-corrected chi connectivity index (χ4v) is 2.02. The van der Waals surface area contributed by atoms with Crippen LogP contribution in [0.25, 0.3) is 0 Å². The van der Waals surface area contributed by atoms with E-state index >= 15 is 0 Å². The largest absolute Gasteiger partial charge is 0.494 e. The van der Waals surface area contributed by atoms with Crippen molar-refractivity contribution in [1.82, 2.24) is 15.1 Å². The van der Waals surface area contributed by atoms with Gasteiger partial charge >= 0.3 is 5.97 Å². The molecule has 0 spiro atoms. The third kappa shape index (κ3) is 3.65. The van der Waals surface area contributed by atoms with Crippen LogP contribution in [-0.2, 0) is 11.3 Å². The zero-order chi connectivity index (χ0) is 17.0. The third-order valence-electron chi connectivity index (χ3n) is 3.25. The summed E-state index contributed by atoms with van der Waals surface area (Å²) in [6.07, 6.45) is 2.84. The molecule has 0 saturated heterocycles. The molecule has 1 amide bonds. The molecule has 1 atom stereocenters. The molecular weight excluding hydrogens is 305 g/mol. The van der Waals surface area contributed by atoms with Gasteiger partial charge in [-0.3, -0.25) is 9.48 Å². The molecular formula is C15H16FN3O4. The number of benzene rings is 1. The molecule has 0 fully saturated rings. The van der Waals surface area contributed by atoms with E-state index in [0.29, 0.717) is 6.54 Å². The van der Waals surface area contributed by atoms with E-state index in [2.05, 4.69) is 10.4 Å². The Labute approximate surface area is 131 Å². The Hall–Kier alpha value is -2.90. The van der Waals surface area contributed by atoms with Crippen molar-refractivity contribution in [3.63, 3.8) is 0 Å². The van der Waals surface area contributed by atoms with E-state index in [1.54, 1.807) is 0 Å². The normalized spacial score (nSPS) is 11.8. The fraction of sp³-hybridized carbons (Fsp3) is 0.267. The second-order valence-corrected chi connectivity index (χ2v) is 4.72. The van der Waals surface area contributed by atoms with Gasteiger partial charge in [-0.1, -0.05) is 6.07 Å². The fourth-order valence-electron chi connectivity index (χ4n) is 2.02. The van der Waals surface area contributed by atoms with Crippen molar-refractivity contribution in [1.29, 1.82) is 0 Å². The lowest BCUT2D eigenvalue weighted by molar-refractivity contribution is -0.139. The number of carboxylic acid groups (broad SMARTS) is 1. The van der Waals surface area contributed by atoms with Gasteiger partial charge in [-0.15, -0.1) is 0 Å². The monoisotopic (exact) mass is 321 g/mol. The first-order valence-electron chi connectivity index (χ1n) is 6.85. The number of carbonyl (C=O) groups is 2. The maximum Gasteiger partial charge on any atom is 0.330 e. The summed E-state index contributed by atoms with van der Waals surface area (Å²) in [6, 6.07) is 2.33. The number of ether oxygens (including phenoxy) is 1. The van der Waals surface area contributed by atoms with Crippen molar-refractivity contribution < 1.29 is 23.8 Å². The summed E-state index contributed by atoms with van der Waals surface area (Å²) in [7, 11) is 1.31. The number of carboxylic acids is 1. The second kappa shape index (κ2) is 6.91. The van der Waals surface area contributed by atoms with Crippen LogP contribution in [0.3, 0.4) is 0 Å². The molecule has 0 bridgehead atoms. The number of nitrogens with zero attached hydrogens (tertiary/aromatic N) is 2. The topological polar surface area (TPSA) is 93.5 Å². The van der Waals surface area contributed by atoms with E-state index in [-0.39, 0.29) is 16.9 Å². The number of aryl methyl sites for hydroxylation is 1. The van der Waals surface area contributed by atoms with Gasteiger partial charge in [-0.2, -0.15) is 5.10 Å². The Kier molecular flexibility index (Phi) is 4.95. The molecule has 1 aromatic carbocycles. The molecule has 7 nitrogen and oxygen atoms in total. The number of methoxy groups -OCH3 is 1. The lowest BCUT2D eigenvalue weighted by Crippen LogP contribution is -2.33. The first kappa shape index (κ1) is 16.5. The predicted molar refractivity (Wildman–Crippen MR) is 78.7 cm³/mol. The number of rotatable bonds is 6. The average molecular weight is 321 g/mol. The number of amides is 1. The summed E-state index contributed by atoms with van der Waals surface area (Å²) < 4.78 is 20.1. The first-order chi connectivity index (χ1) is 11.0. The molecule has 2 aromatic rings. The molecule has 2 N–H and O–H groups in total. The minimum absolute atomic E-state index is 0.00608. The quantitative estimate of drug-likeness (QED) is 0.843. The van der Waals surface area contributed by atoms with Crippen LogP contribution in [0, 0.1) is 5.82 Å². The maximum absolute atomic E-state index is 13.7. The molecule has 23 heavy (non-hydrogen) atoms. The number of aromatic nitrogens is 2. The van der Waals surface area contributed by atoms with Crippen molar-refractivity contribution >= 4 is 11.9 Å². The van der Waals surface area contributed by atoms with Crippen LogP contribution in [-0.4, -0.2) is 33.9 Å². The average Bonchev–Trinajstić information content (AvgIpc) is 3.01. The number of carbonyl (C=O) groups excluding carboxylic acids is 1. The molecule has 0 saturated carbocycles. The summed E-state index contributed by atoms with van der Waals surface area (Å²) in [5.41, 5.74) is 0.333. The summed E-state index contributed by atoms with van der Waals surface area (Å²) in [5.74, 6) is -2.61. The van der Waals surface area contributed by atoms with Crippen molar-refractivity contribution in [2.75, 3.05) is 7.11 Å². The van der Waals surface area contributed by atoms with Gasteiger partial charge in [0.1, 0.15) is 0 Å². The van der Waals surface area contributed by atoms with Gasteiger partial charge in [-0.05, 0) is 24.6 Å². The first-order valence-corrected chi connectivity index (χ1v) is 6.85. The van der Waals surface area contributed by atoms with Gasteiger partial charge in [0.05, 0.1) is 18.9 Å². The zero-order valence-electron chi connectivity index (χ0n) is 12.6. The molecule has 2 rings (SSSR count). The maximum atomic E-state index is 13.7. The van der Waals surface area contributed by atoms with Crippen LogP contribution in [0.2, 0.25) is 0 Å². The molecule has 1 unspecified atom stereocenters. The second-order valence-electron chi connectivity index (χ2n) is 4.72. The Morgan fingerprint density at radius 3 is 2.74 bits per heavy atom. The van der Waals surface area contributed by atoms with Gasteiger partial charge in [0.2, 0.25) is 0 Å². The number of nitrogens with one attached hydrogen (secondary N) is 1. The highest BCUT2D eigenvalue weighted by Crippen LogP contribution is 2.22. The molecule has 0 aliphatic carbocycles. The van der Waals surface area contributed by atoms with Gasteiger partial charge in [-0.25, -0.2) is 9.18 Å². The molecule has 122 valence electrons. The van der Waals surface area contributed by atoms with Crippen LogP contribution >= 0.6 is 0 Å². The standard InChI is InChI=1S/C15H16FN3O4/c1-3-19-8-10(7-17-19)14(20)18-13(15(21)22)9-4-5-12(23-2)11(16)6-9/h4-8,13H,3H2,1-2H3,(H,18,20)(H,21,22). The zero-order valence-corrected chi connectivity index (χ0v) is 12.6. The van der Waals surface area contributed by atoms with E-state index in [9.17, 15) is 19.1 Å². The highest BCUT2D eigenvalue weighted by atomic mass is 19.1. The molecule has 0 radical (unpaired) electrons. The van der Waals surface area contributed by atoms with Crippen LogP contribution in [0.15, 0.2) is 30.6 Å². The number of hydrogen-bond acceptors (Lipinski definition) is 4. The molecule has 0 aliphatic heterocycles. The van der Waals surface area contributed by atoms with Crippen molar-refractivity contribution in [3.8, 4) is 5.75 Å². The Balaban J connectivity index is 2.23. The summed E-state index contributed by atoms with van der Waals surface area (Å²) in [6.45, 7) is 2.44. The van der Waals surface area contributed by atoms with Gasteiger partial charge in [0.15, 0.2) is 17.6 Å². The van der Waals surface area contributed by atoms with E-state index in [1.165, 1.54) is 36.3 Å². The SMILES string of the molecule is CCn1cc(C(=O)NC(C(=O)O)c2ccc(OC)c(F)c2)cn1. The van der Waals surface area contributed by atoms with E-state index in [1.807, 2.05) is 6.92 Å². The lowest BCUT2D eigenvalue weighted by atomic mass is 10.1. The van der Waals surface area contributed by atoms with E-state index < -0.39 is 23.7 Å². The van der Waals surface area contributed by atoms with Gasteiger partial charge in [0.25, 0.3) is 5.91 Å². The van der Waals surface area contributed by atoms with Gasteiger partial charge < -0.3 is 15.2 Å². The highest BCUT2D eigenvalue weighted by molar-refractivity contribution is 5.96. The number of hydrogen-bond donors (Lipinski definition) is 2. The van der Waals surface area contributed by atoms with Gasteiger partial charge in [0, 0.05) is 12.7 Å². The van der Waals surface area contributed by atoms with E-state index in [4.69, 9.17) is 4.74 Å². The summed E-state index contributed by atoms with van der Waals surface area (Å²) in [5, 5.41) is 15.6. The number of aliphatic carboxylic acids is 1. The minimum atomic E-state index is -1.38. The summed E-state index contributed by atoms with van der Waals surface area (Å²) >= 11 is 0.